The van der Waals surface area contributed by atoms with E-state index in [2.05, 4.69) is 29.1 Å². The second kappa shape index (κ2) is 9.20. The van der Waals surface area contributed by atoms with Gasteiger partial charge in [0.2, 0.25) is 0 Å². The number of esters is 1. The fourth-order valence-electron chi connectivity index (χ4n) is 2.59. The predicted molar refractivity (Wildman–Crippen MR) is 96.6 cm³/mol. The van der Waals surface area contributed by atoms with E-state index >= 15 is 0 Å². The summed E-state index contributed by atoms with van der Waals surface area (Å²) in [7, 11) is 1.25. The fourth-order valence-corrected chi connectivity index (χ4v) is 2.59. The fraction of sp³-hybridized carbons (Fsp3) is 0.350. The molecule has 0 amide bonds. The number of benzene rings is 2. The van der Waals surface area contributed by atoms with E-state index in [1.165, 1.54) is 24.8 Å². The van der Waals surface area contributed by atoms with Crippen molar-refractivity contribution in [2.24, 2.45) is 0 Å². The molecule has 134 valence electrons. The number of aliphatic hydroxyl groups is 1. The van der Waals surface area contributed by atoms with Crippen LogP contribution in [0.3, 0.4) is 0 Å². The molecule has 0 unspecified atom stereocenters. The number of aliphatic hydroxyl groups excluding tert-OH is 1. The maximum absolute atomic E-state index is 11.6. The third-order valence-electron chi connectivity index (χ3n) is 4.18. The van der Waals surface area contributed by atoms with Gasteiger partial charge in [0.05, 0.1) is 13.2 Å². The molecule has 5 heteroatoms. The number of aryl methyl sites for hydroxylation is 1. The third-order valence-corrected chi connectivity index (χ3v) is 4.18. The number of hydrogen-bond acceptors (Lipinski definition) is 5. The van der Waals surface area contributed by atoms with Gasteiger partial charge in [0, 0.05) is 12.6 Å². The van der Waals surface area contributed by atoms with E-state index in [-0.39, 0.29) is 17.4 Å². The standard InChI is InChI=1S/C20H25NO4/c1-14(8-9-15-6-4-3-5-7-15)21-13-19(23)16-10-11-18(22)17(12-16)20(24)25-2/h3-7,10-12,14,19,21-23H,8-9,13H2,1-2H3/t14-,19+/m1/s1. The van der Waals surface area contributed by atoms with Crippen molar-refractivity contribution < 1.29 is 19.7 Å². The van der Waals surface area contributed by atoms with Gasteiger partial charge in [0.25, 0.3) is 0 Å². The zero-order valence-electron chi connectivity index (χ0n) is 14.6. The van der Waals surface area contributed by atoms with Gasteiger partial charge in [-0.3, -0.25) is 0 Å². The van der Waals surface area contributed by atoms with Crippen molar-refractivity contribution in [2.75, 3.05) is 13.7 Å². The first-order valence-electron chi connectivity index (χ1n) is 8.38. The molecule has 0 saturated carbocycles. The number of aromatic hydroxyl groups is 1. The molecule has 0 aliphatic heterocycles. The Morgan fingerprint density at radius 3 is 2.60 bits per heavy atom. The van der Waals surface area contributed by atoms with Gasteiger partial charge in [-0.1, -0.05) is 36.4 Å². The summed E-state index contributed by atoms with van der Waals surface area (Å²) in [5, 5.41) is 23.3. The van der Waals surface area contributed by atoms with Crippen molar-refractivity contribution in [3.8, 4) is 5.75 Å². The highest BCUT2D eigenvalue weighted by molar-refractivity contribution is 5.92. The summed E-state index contributed by atoms with van der Waals surface area (Å²) in [5.41, 5.74) is 1.90. The predicted octanol–water partition coefficient (Wildman–Crippen LogP) is 2.82. The van der Waals surface area contributed by atoms with Crippen LogP contribution in [0.25, 0.3) is 0 Å². The topological polar surface area (TPSA) is 78.8 Å². The first-order chi connectivity index (χ1) is 12.0. The van der Waals surface area contributed by atoms with Gasteiger partial charge in [-0.15, -0.1) is 0 Å². The van der Waals surface area contributed by atoms with Gasteiger partial charge in [-0.2, -0.15) is 0 Å². The minimum Gasteiger partial charge on any atom is -0.507 e. The molecule has 0 saturated heterocycles. The Labute approximate surface area is 148 Å². The molecule has 0 aliphatic carbocycles. The van der Waals surface area contributed by atoms with E-state index in [0.29, 0.717) is 12.1 Å². The summed E-state index contributed by atoms with van der Waals surface area (Å²) >= 11 is 0. The molecule has 2 aromatic carbocycles. The molecular formula is C20H25NO4. The molecule has 0 aliphatic rings. The second-order valence-corrected chi connectivity index (χ2v) is 6.12. The molecule has 3 N–H and O–H groups in total. The number of phenolic OH excluding ortho intramolecular Hbond substituents is 1. The summed E-state index contributed by atoms with van der Waals surface area (Å²) in [6.07, 6.45) is 1.15. The minimum atomic E-state index is -0.775. The molecular weight excluding hydrogens is 318 g/mol. The van der Waals surface area contributed by atoms with Crippen molar-refractivity contribution in [3.63, 3.8) is 0 Å². The number of phenols is 1. The zero-order valence-corrected chi connectivity index (χ0v) is 14.6. The van der Waals surface area contributed by atoms with E-state index in [1.54, 1.807) is 6.07 Å². The highest BCUT2D eigenvalue weighted by Crippen LogP contribution is 2.23. The quantitative estimate of drug-likeness (QED) is 0.643. The molecule has 0 spiro atoms. The van der Waals surface area contributed by atoms with Crippen molar-refractivity contribution in [1.82, 2.24) is 5.32 Å². The molecule has 0 aromatic heterocycles. The van der Waals surface area contributed by atoms with Crippen molar-refractivity contribution >= 4 is 5.97 Å². The lowest BCUT2D eigenvalue weighted by atomic mass is 10.0. The number of rotatable bonds is 8. The number of nitrogens with one attached hydrogen (secondary N) is 1. The molecule has 0 radical (unpaired) electrons. The highest BCUT2D eigenvalue weighted by Gasteiger charge is 2.16. The van der Waals surface area contributed by atoms with E-state index in [0.717, 1.165) is 12.8 Å². The van der Waals surface area contributed by atoms with Gasteiger partial charge in [-0.25, -0.2) is 4.79 Å². The normalized spacial score (nSPS) is 13.2. The highest BCUT2D eigenvalue weighted by atomic mass is 16.5. The molecule has 2 atom stereocenters. The molecule has 25 heavy (non-hydrogen) atoms. The van der Waals surface area contributed by atoms with E-state index < -0.39 is 12.1 Å². The lowest BCUT2D eigenvalue weighted by Gasteiger charge is -2.18. The Kier molecular flexibility index (Phi) is 6.98. The second-order valence-electron chi connectivity index (χ2n) is 6.12. The van der Waals surface area contributed by atoms with Crippen LogP contribution in [0.4, 0.5) is 0 Å². The van der Waals surface area contributed by atoms with Crippen LogP contribution >= 0.6 is 0 Å². The van der Waals surface area contributed by atoms with Gasteiger partial charge in [0.1, 0.15) is 11.3 Å². The maximum Gasteiger partial charge on any atom is 0.341 e. The van der Waals surface area contributed by atoms with Gasteiger partial charge in [0.15, 0.2) is 0 Å². The summed E-state index contributed by atoms with van der Waals surface area (Å²) in [6.45, 7) is 2.44. The van der Waals surface area contributed by atoms with Crippen molar-refractivity contribution in [2.45, 2.75) is 31.9 Å². The van der Waals surface area contributed by atoms with Crippen LogP contribution in [0.1, 0.15) is 40.9 Å². The van der Waals surface area contributed by atoms with Gasteiger partial charge >= 0.3 is 5.97 Å². The minimum absolute atomic E-state index is 0.0520. The van der Waals surface area contributed by atoms with Crippen LogP contribution in [0.15, 0.2) is 48.5 Å². The van der Waals surface area contributed by atoms with Gasteiger partial charge in [-0.05, 0) is 43.0 Å². The molecule has 2 aromatic rings. The van der Waals surface area contributed by atoms with Crippen LogP contribution in [0.2, 0.25) is 0 Å². The Bertz CT molecular complexity index is 687. The Morgan fingerprint density at radius 1 is 1.20 bits per heavy atom. The van der Waals surface area contributed by atoms with E-state index in [1.807, 2.05) is 18.2 Å². The monoisotopic (exact) mass is 343 g/mol. The number of hydrogen-bond donors (Lipinski definition) is 3. The molecule has 0 bridgehead atoms. The lowest BCUT2D eigenvalue weighted by molar-refractivity contribution is 0.0597. The molecule has 2 rings (SSSR count). The summed E-state index contributed by atoms with van der Waals surface area (Å²) < 4.78 is 4.63. The third kappa shape index (κ3) is 5.59. The van der Waals surface area contributed by atoms with Crippen molar-refractivity contribution in [3.05, 3.63) is 65.2 Å². The summed E-state index contributed by atoms with van der Waals surface area (Å²) in [4.78, 5) is 11.6. The van der Waals surface area contributed by atoms with E-state index in [9.17, 15) is 15.0 Å². The number of carbonyl (C=O) groups excluding carboxylic acids is 1. The first kappa shape index (κ1) is 19.0. The summed E-state index contributed by atoms with van der Waals surface area (Å²) in [5.74, 6) is -0.789. The number of carbonyl (C=O) groups is 1. The van der Waals surface area contributed by atoms with Crippen LogP contribution < -0.4 is 5.32 Å². The average molecular weight is 343 g/mol. The maximum atomic E-state index is 11.6. The number of ether oxygens (including phenoxy) is 1. The Hall–Kier alpha value is -2.37. The number of methoxy groups -OCH3 is 1. The van der Waals surface area contributed by atoms with Gasteiger partial charge < -0.3 is 20.3 Å². The largest absolute Gasteiger partial charge is 0.507 e. The Balaban J connectivity index is 1.87. The van der Waals surface area contributed by atoms with Crippen LogP contribution in [-0.2, 0) is 11.2 Å². The molecule has 5 nitrogen and oxygen atoms in total. The van der Waals surface area contributed by atoms with Crippen LogP contribution in [-0.4, -0.2) is 35.9 Å². The SMILES string of the molecule is COC(=O)c1cc([C@@H](O)CN[C@H](C)CCc2ccccc2)ccc1O. The summed E-state index contributed by atoms with van der Waals surface area (Å²) in [6, 6.07) is 15.0. The average Bonchev–Trinajstić information content (AvgIpc) is 2.65. The smallest absolute Gasteiger partial charge is 0.341 e. The molecule has 0 fully saturated rings. The first-order valence-corrected chi connectivity index (χ1v) is 8.38. The van der Waals surface area contributed by atoms with E-state index in [4.69, 9.17) is 0 Å². The van der Waals surface area contributed by atoms with Crippen LogP contribution in [0, 0.1) is 0 Å². The zero-order chi connectivity index (χ0) is 18.2. The van der Waals surface area contributed by atoms with Crippen LogP contribution in [0.5, 0.6) is 5.75 Å². The lowest BCUT2D eigenvalue weighted by Crippen LogP contribution is -2.30. The van der Waals surface area contributed by atoms with Crippen molar-refractivity contribution in [1.29, 1.82) is 0 Å². The Morgan fingerprint density at radius 2 is 1.92 bits per heavy atom. The molecule has 0 heterocycles.